The van der Waals surface area contributed by atoms with Crippen molar-refractivity contribution in [1.82, 2.24) is 9.55 Å². The van der Waals surface area contributed by atoms with Crippen molar-refractivity contribution in [3.63, 3.8) is 0 Å². The third-order valence-electron chi connectivity index (χ3n) is 3.39. The van der Waals surface area contributed by atoms with Crippen LogP contribution in [0, 0.1) is 0 Å². The van der Waals surface area contributed by atoms with Gasteiger partial charge in [-0.05, 0) is 25.0 Å². The van der Waals surface area contributed by atoms with Crippen LogP contribution in [0.3, 0.4) is 0 Å². The Balaban J connectivity index is 2.13. The van der Waals surface area contributed by atoms with Gasteiger partial charge in [0.1, 0.15) is 5.82 Å². The third-order valence-corrected chi connectivity index (χ3v) is 3.39. The Morgan fingerprint density at radius 2 is 2.27 bits per heavy atom. The predicted octanol–water partition coefficient (Wildman–Crippen LogP) is 3.32. The maximum atomic E-state index is 4.76. The molecule has 0 N–H and O–H groups in total. The molecule has 0 aliphatic carbocycles. The van der Waals surface area contributed by atoms with Crippen LogP contribution >= 0.6 is 0 Å². The quantitative estimate of drug-likeness (QED) is 0.727. The number of fused-ring (bicyclic) bond motifs is 3. The number of hydrogen-bond donors (Lipinski definition) is 0. The van der Waals surface area contributed by atoms with E-state index in [9.17, 15) is 0 Å². The summed E-state index contributed by atoms with van der Waals surface area (Å²) in [4.78, 5) is 4.76. The molecule has 0 spiro atoms. The van der Waals surface area contributed by atoms with E-state index < -0.39 is 0 Å². The Morgan fingerprint density at radius 3 is 3.13 bits per heavy atom. The topological polar surface area (TPSA) is 17.8 Å². The van der Waals surface area contributed by atoms with Gasteiger partial charge in [0.2, 0.25) is 0 Å². The van der Waals surface area contributed by atoms with Gasteiger partial charge in [-0.1, -0.05) is 25.5 Å². The minimum absolute atomic E-state index is 0.697. The number of hydrogen-bond acceptors (Lipinski definition) is 1. The highest BCUT2D eigenvalue weighted by Gasteiger charge is 2.25. The first-order chi connectivity index (χ1) is 7.40. The minimum atomic E-state index is 0.697. The molecule has 3 rings (SSSR count). The number of nitrogens with zero attached hydrogens (tertiary/aromatic N) is 2. The zero-order valence-electron chi connectivity index (χ0n) is 9.11. The van der Waals surface area contributed by atoms with Gasteiger partial charge in [-0.3, -0.25) is 0 Å². The molecular formula is C13H16N2. The normalized spacial score (nSPS) is 19.7. The first-order valence-electron chi connectivity index (χ1n) is 5.85. The Kier molecular flexibility index (Phi) is 2.01. The number of para-hydroxylation sites is 2. The van der Waals surface area contributed by atoms with Gasteiger partial charge in [0.05, 0.1) is 11.0 Å². The standard InChI is InChI=1S/C13H16N2/c1-2-5-10-8-9-15-12-7-4-3-6-11(12)14-13(10)15/h3-4,6-7,10H,2,5,8-9H2,1H3. The van der Waals surface area contributed by atoms with E-state index in [1.54, 1.807) is 0 Å². The summed E-state index contributed by atoms with van der Waals surface area (Å²) in [5.74, 6) is 2.01. The van der Waals surface area contributed by atoms with Crippen LogP contribution in [-0.2, 0) is 6.54 Å². The van der Waals surface area contributed by atoms with E-state index in [1.165, 1.54) is 30.6 Å². The number of rotatable bonds is 2. The SMILES string of the molecule is CCCC1CCn2c1nc1ccccc12. The smallest absolute Gasteiger partial charge is 0.113 e. The monoisotopic (exact) mass is 200 g/mol. The van der Waals surface area contributed by atoms with Crippen LogP contribution in [0.15, 0.2) is 24.3 Å². The lowest BCUT2D eigenvalue weighted by Gasteiger charge is -2.04. The second kappa shape index (κ2) is 3.37. The van der Waals surface area contributed by atoms with E-state index in [2.05, 4.69) is 35.8 Å². The van der Waals surface area contributed by atoms with Gasteiger partial charge in [0, 0.05) is 12.5 Å². The molecule has 2 heteroatoms. The average Bonchev–Trinajstić information content (AvgIpc) is 2.79. The fourth-order valence-corrected chi connectivity index (χ4v) is 2.68. The molecule has 78 valence electrons. The number of imidazole rings is 1. The lowest BCUT2D eigenvalue weighted by molar-refractivity contribution is 0.596. The van der Waals surface area contributed by atoms with Gasteiger partial charge >= 0.3 is 0 Å². The zero-order chi connectivity index (χ0) is 10.3. The summed E-state index contributed by atoms with van der Waals surface area (Å²) in [6.45, 7) is 3.41. The predicted molar refractivity (Wildman–Crippen MR) is 62.0 cm³/mol. The molecule has 0 amide bonds. The van der Waals surface area contributed by atoms with Crippen LogP contribution in [0.4, 0.5) is 0 Å². The molecule has 1 aromatic heterocycles. The van der Waals surface area contributed by atoms with Crippen LogP contribution in [0.1, 0.15) is 37.9 Å². The maximum absolute atomic E-state index is 4.76. The maximum Gasteiger partial charge on any atom is 0.113 e. The van der Waals surface area contributed by atoms with Crippen molar-refractivity contribution >= 4 is 11.0 Å². The highest BCUT2D eigenvalue weighted by atomic mass is 15.1. The zero-order valence-corrected chi connectivity index (χ0v) is 9.11. The number of aromatic nitrogens is 2. The lowest BCUT2D eigenvalue weighted by Crippen LogP contribution is -1.95. The average molecular weight is 200 g/mol. The van der Waals surface area contributed by atoms with E-state index in [0.717, 1.165) is 12.1 Å². The molecule has 0 saturated heterocycles. The first kappa shape index (κ1) is 8.96. The summed E-state index contributed by atoms with van der Waals surface area (Å²) in [6, 6.07) is 8.47. The van der Waals surface area contributed by atoms with Gasteiger partial charge in [-0.15, -0.1) is 0 Å². The van der Waals surface area contributed by atoms with Crippen molar-refractivity contribution in [3.8, 4) is 0 Å². The van der Waals surface area contributed by atoms with Gasteiger partial charge in [0.15, 0.2) is 0 Å². The van der Waals surface area contributed by atoms with Crippen molar-refractivity contribution in [3.05, 3.63) is 30.1 Å². The van der Waals surface area contributed by atoms with Gasteiger partial charge in [-0.25, -0.2) is 4.98 Å². The summed E-state index contributed by atoms with van der Waals surface area (Å²) in [5, 5.41) is 0. The van der Waals surface area contributed by atoms with Crippen molar-refractivity contribution in [2.75, 3.05) is 0 Å². The van der Waals surface area contributed by atoms with E-state index >= 15 is 0 Å². The molecule has 1 atom stereocenters. The fraction of sp³-hybridized carbons (Fsp3) is 0.462. The highest BCUT2D eigenvalue weighted by molar-refractivity contribution is 5.76. The third kappa shape index (κ3) is 1.28. The number of aryl methyl sites for hydroxylation is 1. The summed E-state index contributed by atoms with van der Waals surface area (Å²) in [6.07, 6.45) is 3.82. The molecule has 0 bridgehead atoms. The lowest BCUT2D eigenvalue weighted by atomic mass is 10.0. The van der Waals surface area contributed by atoms with Crippen molar-refractivity contribution in [1.29, 1.82) is 0 Å². The van der Waals surface area contributed by atoms with Crippen molar-refractivity contribution in [2.45, 2.75) is 38.6 Å². The second-order valence-corrected chi connectivity index (χ2v) is 4.38. The van der Waals surface area contributed by atoms with Crippen LogP contribution in [0.2, 0.25) is 0 Å². The van der Waals surface area contributed by atoms with E-state index in [1.807, 2.05) is 0 Å². The van der Waals surface area contributed by atoms with E-state index in [0.29, 0.717) is 5.92 Å². The van der Waals surface area contributed by atoms with Crippen LogP contribution in [-0.4, -0.2) is 9.55 Å². The Morgan fingerprint density at radius 1 is 1.40 bits per heavy atom. The summed E-state index contributed by atoms with van der Waals surface area (Å²) < 4.78 is 2.40. The first-order valence-corrected chi connectivity index (χ1v) is 5.85. The summed E-state index contributed by atoms with van der Waals surface area (Å²) in [5.41, 5.74) is 2.47. The molecule has 0 radical (unpaired) electrons. The van der Waals surface area contributed by atoms with Crippen molar-refractivity contribution < 1.29 is 0 Å². The Labute approximate surface area is 89.9 Å². The molecule has 0 fully saturated rings. The van der Waals surface area contributed by atoms with E-state index in [4.69, 9.17) is 4.98 Å². The highest BCUT2D eigenvalue weighted by Crippen LogP contribution is 2.34. The molecule has 15 heavy (non-hydrogen) atoms. The van der Waals surface area contributed by atoms with E-state index in [-0.39, 0.29) is 0 Å². The molecule has 1 aromatic carbocycles. The largest absolute Gasteiger partial charge is 0.328 e. The van der Waals surface area contributed by atoms with Crippen molar-refractivity contribution in [2.24, 2.45) is 0 Å². The second-order valence-electron chi connectivity index (χ2n) is 4.38. The molecule has 2 heterocycles. The van der Waals surface area contributed by atoms with Gasteiger partial charge in [-0.2, -0.15) is 0 Å². The number of benzene rings is 1. The molecule has 2 aromatic rings. The molecular weight excluding hydrogens is 184 g/mol. The molecule has 1 unspecified atom stereocenters. The summed E-state index contributed by atoms with van der Waals surface area (Å²) >= 11 is 0. The van der Waals surface area contributed by atoms with Crippen LogP contribution in [0.25, 0.3) is 11.0 Å². The van der Waals surface area contributed by atoms with Crippen LogP contribution < -0.4 is 0 Å². The Hall–Kier alpha value is -1.31. The molecule has 1 aliphatic rings. The molecule has 0 saturated carbocycles. The Bertz CT molecular complexity index is 484. The molecule has 2 nitrogen and oxygen atoms in total. The summed E-state index contributed by atoms with van der Waals surface area (Å²) in [7, 11) is 0. The fourth-order valence-electron chi connectivity index (χ4n) is 2.68. The van der Waals surface area contributed by atoms with Crippen LogP contribution in [0.5, 0.6) is 0 Å². The molecule has 1 aliphatic heterocycles. The van der Waals surface area contributed by atoms with Gasteiger partial charge < -0.3 is 4.57 Å². The van der Waals surface area contributed by atoms with Gasteiger partial charge in [0.25, 0.3) is 0 Å². The minimum Gasteiger partial charge on any atom is -0.328 e.